The second-order valence-electron chi connectivity index (χ2n) is 9.60. The molecule has 4 aromatic carbocycles. The first kappa shape index (κ1) is 31.2. The van der Waals surface area contributed by atoms with Gasteiger partial charge in [-0.1, -0.05) is 48.5 Å². The molecule has 43 heavy (non-hydrogen) atoms. The lowest BCUT2D eigenvalue weighted by molar-refractivity contribution is -0.139. The monoisotopic (exact) mass is 607 g/mol. The number of likely N-dealkylation sites (N-methyl/N-ethyl adjacent to an activating group) is 1. The molecular formula is C32H31F2N3O5S. The van der Waals surface area contributed by atoms with Crippen molar-refractivity contribution in [2.75, 3.05) is 25.0 Å². The van der Waals surface area contributed by atoms with E-state index < -0.39 is 46.1 Å². The zero-order valence-electron chi connectivity index (χ0n) is 23.6. The van der Waals surface area contributed by atoms with E-state index in [1.807, 2.05) is 6.07 Å². The first-order chi connectivity index (χ1) is 20.6. The van der Waals surface area contributed by atoms with Gasteiger partial charge in [0.15, 0.2) is 0 Å². The highest BCUT2D eigenvalue weighted by atomic mass is 32.2. The molecule has 0 spiro atoms. The number of amides is 2. The molecule has 0 fully saturated rings. The zero-order chi connectivity index (χ0) is 31.0. The molecule has 11 heteroatoms. The van der Waals surface area contributed by atoms with Crippen molar-refractivity contribution in [3.05, 3.63) is 126 Å². The van der Waals surface area contributed by atoms with Crippen molar-refractivity contribution < 1.29 is 31.5 Å². The van der Waals surface area contributed by atoms with E-state index in [-0.39, 0.29) is 29.1 Å². The maximum atomic E-state index is 14.8. The average Bonchev–Trinajstić information content (AvgIpc) is 3.02. The summed E-state index contributed by atoms with van der Waals surface area (Å²) in [6.07, 6.45) is 0.0858. The van der Waals surface area contributed by atoms with Gasteiger partial charge in [-0.15, -0.1) is 0 Å². The van der Waals surface area contributed by atoms with Crippen LogP contribution in [0.1, 0.15) is 11.1 Å². The third-order valence-electron chi connectivity index (χ3n) is 6.86. The number of hydrogen-bond acceptors (Lipinski definition) is 5. The minimum atomic E-state index is -4.38. The maximum Gasteiger partial charge on any atom is 0.264 e. The Morgan fingerprint density at radius 2 is 1.49 bits per heavy atom. The average molecular weight is 608 g/mol. The highest BCUT2D eigenvalue weighted by Gasteiger charge is 2.34. The molecule has 0 radical (unpaired) electrons. The van der Waals surface area contributed by atoms with Crippen LogP contribution >= 0.6 is 0 Å². The summed E-state index contributed by atoms with van der Waals surface area (Å²) in [5.41, 5.74) is 0.906. The largest absolute Gasteiger partial charge is 0.497 e. The number of ether oxygens (including phenoxy) is 1. The number of sulfonamides is 1. The molecule has 1 unspecified atom stereocenters. The van der Waals surface area contributed by atoms with Crippen LogP contribution in [0.5, 0.6) is 5.75 Å². The first-order valence-corrected chi connectivity index (χ1v) is 14.8. The van der Waals surface area contributed by atoms with E-state index in [1.165, 1.54) is 73.7 Å². The van der Waals surface area contributed by atoms with Crippen LogP contribution in [0.3, 0.4) is 0 Å². The number of hydrogen-bond donors (Lipinski definition) is 1. The van der Waals surface area contributed by atoms with Crippen LogP contribution in [-0.2, 0) is 32.6 Å². The molecule has 0 aromatic heterocycles. The highest BCUT2D eigenvalue weighted by molar-refractivity contribution is 7.92. The van der Waals surface area contributed by atoms with Gasteiger partial charge in [0.25, 0.3) is 10.0 Å². The van der Waals surface area contributed by atoms with Crippen LogP contribution in [-0.4, -0.2) is 51.9 Å². The molecule has 0 aliphatic heterocycles. The van der Waals surface area contributed by atoms with Gasteiger partial charge in [-0.2, -0.15) is 0 Å². The van der Waals surface area contributed by atoms with Gasteiger partial charge in [0, 0.05) is 25.6 Å². The van der Waals surface area contributed by atoms with Crippen LogP contribution in [0.4, 0.5) is 14.5 Å². The third kappa shape index (κ3) is 7.55. The molecule has 4 rings (SSSR count). The lowest BCUT2D eigenvalue weighted by atomic mass is 10.0. The van der Waals surface area contributed by atoms with E-state index in [9.17, 15) is 26.8 Å². The van der Waals surface area contributed by atoms with Gasteiger partial charge >= 0.3 is 0 Å². The molecule has 0 saturated heterocycles. The van der Waals surface area contributed by atoms with E-state index >= 15 is 0 Å². The number of nitrogens with zero attached hydrogens (tertiary/aromatic N) is 2. The smallest absolute Gasteiger partial charge is 0.264 e. The fourth-order valence-corrected chi connectivity index (χ4v) is 5.96. The minimum absolute atomic E-state index is 0.0240. The Labute approximate surface area is 249 Å². The summed E-state index contributed by atoms with van der Waals surface area (Å²) >= 11 is 0. The van der Waals surface area contributed by atoms with Gasteiger partial charge in [-0.05, 0) is 60.2 Å². The second kappa shape index (κ2) is 13.9. The SMILES string of the molecule is CNC(=O)C(Cc1ccccc1)N(Cc1ccccc1F)C(=O)CN(c1ccc(F)cc1)S(=O)(=O)c1ccc(OC)cc1. The molecule has 0 saturated carbocycles. The Morgan fingerprint density at radius 1 is 0.860 bits per heavy atom. The van der Waals surface area contributed by atoms with E-state index in [0.29, 0.717) is 5.75 Å². The summed E-state index contributed by atoms with van der Waals surface area (Å²) in [7, 11) is -1.52. The molecule has 1 N–H and O–H groups in total. The highest BCUT2D eigenvalue weighted by Crippen LogP contribution is 2.27. The summed E-state index contributed by atoms with van der Waals surface area (Å²) in [4.78, 5) is 28.4. The van der Waals surface area contributed by atoms with Crippen molar-refractivity contribution in [3.8, 4) is 5.75 Å². The van der Waals surface area contributed by atoms with Crippen LogP contribution in [0, 0.1) is 11.6 Å². The van der Waals surface area contributed by atoms with E-state index in [2.05, 4.69) is 5.32 Å². The molecule has 4 aromatic rings. The quantitative estimate of drug-likeness (QED) is 0.255. The number of benzene rings is 4. The van der Waals surface area contributed by atoms with Crippen LogP contribution in [0.25, 0.3) is 0 Å². The molecular weight excluding hydrogens is 576 g/mol. The summed E-state index contributed by atoms with van der Waals surface area (Å²) < 4.78 is 62.5. The summed E-state index contributed by atoms with van der Waals surface area (Å²) in [6.45, 7) is -1.06. The van der Waals surface area contributed by atoms with Crippen molar-refractivity contribution in [1.82, 2.24) is 10.2 Å². The number of anilines is 1. The molecule has 0 aliphatic rings. The lowest BCUT2D eigenvalue weighted by Crippen LogP contribution is -2.53. The number of halogens is 2. The number of carbonyl (C=O) groups excluding carboxylic acids is 2. The molecule has 0 aliphatic carbocycles. The van der Waals surface area contributed by atoms with Crippen molar-refractivity contribution in [1.29, 1.82) is 0 Å². The molecule has 2 amide bonds. The van der Waals surface area contributed by atoms with Gasteiger partial charge in [-0.25, -0.2) is 17.2 Å². The fourth-order valence-electron chi connectivity index (χ4n) is 4.54. The number of nitrogens with one attached hydrogen (secondary N) is 1. The Balaban J connectivity index is 1.79. The fraction of sp³-hybridized carbons (Fsp3) is 0.188. The van der Waals surface area contributed by atoms with E-state index in [1.54, 1.807) is 30.3 Å². The molecule has 8 nitrogen and oxygen atoms in total. The first-order valence-electron chi connectivity index (χ1n) is 13.3. The van der Waals surface area contributed by atoms with E-state index in [4.69, 9.17) is 4.74 Å². The van der Waals surface area contributed by atoms with Crippen molar-refractivity contribution >= 4 is 27.5 Å². The molecule has 0 heterocycles. The standard InChI is InChI=1S/C32H31F2N3O5S/c1-35-32(39)30(20-23-8-4-3-5-9-23)36(21-24-10-6-7-11-29(24)34)31(38)22-37(26-14-12-25(33)13-15-26)43(40,41)28-18-16-27(42-2)17-19-28/h3-19,30H,20-22H2,1-2H3,(H,35,39). The Bertz CT molecular complexity index is 1650. The Hall–Kier alpha value is -4.77. The Morgan fingerprint density at radius 3 is 2.09 bits per heavy atom. The number of rotatable bonds is 12. The van der Waals surface area contributed by atoms with Gasteiger partial charge < -0.3 is 15.0 Å². The van der Waals surface area contributed by atoms with Crippen molar-refractivity contribution in [2.24, 2.45) is 0 Å². The number of methoxy groups -OCH3 is 1. The van der Waals surface area contributed by atoms with Gasteiger partial charge in [-0.3, -0.25) is 13.9 Å². The Kier molecular flexibility index (Phi) is 10.1. The van der Waals surface area contributed by atoms with Crippen LogP contribution in [0.15, 0.2) is 108 Å². The third-order valence-corrected chi connectivity index (χ3v) is 8.65. The normalized spacial score (nSPS) is 11.8. The van der Waals surface area contributed by atoms with Gasteiger partial charge in [0.05, 0.1) is 17.7 Å². The molecule has 0 bridgehead atoms. The van der Waals surface area contributed by atoms with Crippen LogP contribution < -0.4 is 14.4 Å². The van der Waals surface area contributed by atoms with Gasteiger partial charge in [0.2, 0.25) is 11.8 Å². The zero-order valence-corrected chi connectivity index (χ0v) is 24.4. The summed E-state index contributed by atoms with van der Waals surface area (Å²) in [5.74, 6) is -2.04. The van der Waals surface area contributed by atoms with Crippen molar-refractivity contribution in [3.63, 3.8) is 0 Å². The molecule has 224 valence electrons. The predicted octanol–water partition coefficient (Wildman–Crippen LogP) is 4.55. The number of carbonyl (C=O) groups is 2. The predicted molar refractivity (Wildman–Crippen MR) is 159 cm³/mol. The summed E-state index contributed by atoms with van der Waals surface area (Å²) in [5, 5.41) is 2.57. The van der Waals surface area contributed by atoms with Gasteiger partial charge in [0.1, 0.15) is 30.0 Å². The summed E-state index contributed by atoms with van der Waals surface area (Å²) in [6, 6.07) is 23.9. The topological polar surface area (TPSA) is 96.0 Å². The van der Waals surface area contributed by atoms with Crippen molar-refractivity contribution in [2.45, 2.75) is 23.9 Å². The van der Waals surface area contributed by atoms with Crippen LogP contribution in [0.2, 0.25) is 0 Å². The van der Waals surface area contributed by atoms with E-state index in [0.717, 1.165) is 22.0 Å². The molecule has 1 atom stereocenters. The second-order valence-corrected chi connectivity index (χ2v) is 11.5. The lowest BCUT2D eigenvalue weighted by Gasteiger charge is -2.33. The maximum absolute atomic E-state index is 14.8. The minimum Gasteiger partial charge on any atom is -0.497 e.